The topological polar surface area (TPSA) is 156 Å². The minimum Gasteiger partial charge on any atom is -0.513 e. The summed E-state index contributed by atoms with van der Waals surface area (Å²) >= 11 is 0. The highest BCUT2D eigenvalue weighted by Gasteiger charge is 2.02. The Morgan fingerprint density at radius 1 is 0.714 bits per heavy atom. The van der Waals surface area contributed by atoms with Crippen LogP contribution < -0.4 is 16.8 Å². The van der Waals surface area contributed by atoms with Crippen LogP contribution >= 0.6 is 0 Å². The van der Waals surface area contributed by atoms with E-state index in [1.54, 1.807) is 0 Å². The van der Waals surface area contributed by atoms with Crippen molar-refractivity contribution in [2.75, 3.05) is 6.54 Å². The van der Waals surface area contributed by atoms with E-state index in [4.69, 9.17) is 10.8 Å². The first-order valence-corrected chi connectivity index (χ1v) is 16.2. The number of aliphatic hydroxyl groups excluding tert-OH is 1. The second kappa shape index (κ2) is 36.4. The molecule has 0 aromatic carbocycles. The average molecular weight is 596 g/mol. The molecule has 0 fully saturated rings. The number of carbonyl (C=O) groups is 3. The Balaban J connectivity index is -0.000000644. The van der Waals surface area contributed by atoms with Crippen molar-refractivity contribution >= 4 is 17.8 Å². The van der Waals surface area contributed by atoms with E-state index < -0.39 is 5.97 Å². The predicted octanol–water partition coefficient (Wildman–Crippen LogP) is 8.02. The number of aliphatic carboxylic acids is 1. The van der Waals surface area contributed by atoms with Crippen molar-refractivity contribution in [1.82, 2.24) is 5.32 Å². The standard InChI is InChI=1S/C17H32O.C15H28N2O3.C2H5NO/c1-3-5-6-7-8-9-10-11-12-13-14-16-17(18)15-4-2;1-13(18)17-14(12-16)10-8-6-4-2-3-5-7-9-11-15(19)20;1-2(3)4/h6-7,15,18H,3-5,8-14,16H2,1-2H3;8,10,14H,2-7,9,11-12,16H2,1H3,(H,17,18)(H,19,20);1H3,(H2,3,4)/b7-6+,17-15-;10-8+;. The monoisotopic (exact) mass is 595 g/mol. The van der Waals surface area contributed by atoms with Gasteiger partial charge in [-0.05, 0) is 57.4 Å². The molecule has 0 aromatic heterocycles. The molecule has 1 atom stereocenters. The largest absolute Gasteiger partial charge is 0.513 e. The molecule has 42 heavy (non-hydrogen) atoms. The van der Waals surface area contributed by atoms with E-state index in [0.29, 0.717) is 12.3 Å². The lowest BCUT2D eigenvalue weighted by molar-refractivity contribution is -0.137. The van der Waals surface area contributed by atoms with Crippen molar-refractivity contribution in [2.45, 2.75) is 156 Å². The second-order valence-electron chi connectivity index (χ2n) is 10.7. The Kier molecular flexibility index (Phi) is 38.0. The number of nitrogens with two attached hydrogens (primary N) is 2. The first-order chi connectivity index (χ1) is 20.1. The van der Waals surface area contributed by atoms with Gasteiger partial charge in [-0.25, -0.2) is 0 Å². The van der Waals surface area contributed by atoms with Gasteiger partial charge in [0.2, 0.25) is 11.8 Å². The van der Waals surface area contributed by atoms with E-state index in [0.717, 1.165) is 64.2 Å². The normalized spacial score (nSPS) is 11.9. The van der Waals surface area contributed by atoms with Gasteiger partial charge in [0.1, 0.15) is 0 Å². The molecule has 1 unspecified atom stereocenters. The molecule has 0 radical (unpaired) electrons. The van der Waals surface area contributed by atoms with E-state index in [1.165, 1.54) is 65.2 Å². The highest BCUT2D eigenvalue weighted by molar-refractivity contribution is 5.73. The van der Waals surface area contributed by atoms with Gasteiger partial charge in [0, 0.05) is 33.2 Å². The number of hydrogen-bond acceptors (Lipinski definition) is 5. The first kappa shape index (κ1) is 43.8. The fourth-order valence-electron chi connectivity index (χ4n) is 3.97. The summed E-state index contributed by atoms with van der Waals surface area (Å²) in [6.45, 7) is 7.49. The molecule has 8 heteroatoms. The zero-order valence-corrected chi connectivity index (χ0v) is 27.4. The summed E-state index contributed by atoms with van der Waals surface area (Å²) in [5.74, 6) is -0.520. The molecule has 0 rings (SSSR count). The lowest BCUT2D eigenvalue weighted by Gasteiger charge is -2.10. The third kappa shape index (κ3) is 47.2. The smallest absolute Gasteiger partial charge is 0.303 e. The lowest BCUT2D eigenvalue weighted by Crippen LogP contribution is -2.37. The Labute approximate surface area is 257 Å². The predicted molar refractivity (Wildman–Crippen MR) is 177 cm³/mol. The molecule has 0 saturated carbocycles. The molecule has 2 amide bonds. The van der Waals surface area contributed by atoms with E-state index in [1.807, 2.05) is 12.2 Å². The van der Waals surface area contributed by atoms with Crippen LogP contribution in [0.2, 0.25) is 0 Å². The number of rotatable bonds is 24. The maximum absolute atomic E-state index is 10.9. The molecule has 8 nitrogen and oxygen atoms in total. The highest BCUT2D eigenvalue weighted by atomic mass is 16.4. The molecule has 7 N–H and O–H groups in total. The summed E-state index contributed by atoms with van der Waals surface area (Å²) < 4.78 is 0. The Morgan fingerprint density at radius 2 is 1.17 bits per heavy atom. The first-order valence-electron chi connectivity index (χ1n) is 16.2. The van der Waals surface area contributed by atoms with Gasteiger partial charge in [0.05, 0.1) is 11.8 Å². The van der Waals surface area contributed by atoms with Crippen molar-refractivity contribution in [1.29, 1.82) is 0 Å². The summed E-state index contributed by atoms with van der Waals surface area (Å²) in [5.41, 5.74) is 10.0. The van der Waals surface area contributed by atoms with Crippen LogP contribution in [0.4, 0.5) is 0 Å². The number of allylic oxidation sites excluding steroid dienone is 5. The zero-order chi connectivity index (χ0) is 32.3. The van der Waals surface area contributed by atoms with Gasteiger partial charge < -0.3 is 27.0 Å². The fraction of sp³-hybridized carbons (Fsp3) is 0.735. The van der Waals surface area contributed by atoms with Crippen molar-refractivity contribution < 1.29 is 24.6 Å². The fourth-order valence-corrected chi connectivity index (χ4v) is 3.97. The summed E-state index contributed by atoms with van der Waals surface area (Å²) in [5, 5.41) is 20.7. The minimum absolute atomic E-state index is 0.0635. The van der Waals surface area contributed by atoms with Crippen LogP contribution in [-0.2, 0) is 14.4 Å². The summed E-state index contributed by atoms with van der Waals surface area (Å²) in [7, 11) is 0. The number of primary amides is 1. The van der Waals surface area contributed by atoms with Gasteiger partial charge in [-0.3, -0.25) is 14.4 Å². The van der Waals surface area contributed by atoms with E-state index in [-0.39, 0.29) is 24.3 Å². The van der Waals surface area contributed by atoms with Crippen LogP contribution in [-0.4, -0.2) is 40.6 Å². The van der Waals surface area contributed by atoms with Gasteiger partial charge in [0.15, 0.2) is 0 Å². The number of carbonyl (C=O) groups excluding carboxylic acids is 2. The summed E-state index contributed by atoms with van der Waals surface area (Å²) in [4.78, 5) is 30.4. The van der Waals surface area contributed by atoms with E-state index >= 15 is 0 Å². The second-order valence-corrected chi connectivity index (χ2v) is 10.7. The van der Waals surface area contributed by atoms with Crippen LogP contribution in [0.15, 0.2) is 36.1 Å². The third-order valence-corrected chi connectivity index (χ3v) is 6.14. The third-order valence-electron chi connectivity index (χ3n) is 6.14. The van der Waals surface area contributed by atoms with Crippen molar-refractivity contribution in [3.8, 4) is 0 Å². The van der Waals surface area contributed by atoms with Gasteiger partial charge in [-0.15, -0.1) is 0 Å². The maximum Gasteiger partial charge on any atom is 0.303 e. The summed E-state index contributed by atoms with van der Waals surface area (Å²) in [6, 6.07) is -0.0662. The molecule has 0 aliphatic carbocycles. The Morgan fingerprint density at radius 3 is 1.62 bits per heavy atom. The van der Waals surface area contributed by atoms with Crippen LogP contribution in [0.5, 0.6) is 0 Å². The molecular formula is C34H65N3O5. The number of aliphatic hydroxyl groups is 1. The average Bonchev–Trinajstić information content (AvgIpc) is 2.92. The lowest BCUT2D eigenvalue weighted by atomic mass is 10.1. The zero-order valence-electron chi connectivity index (χ0n) is 27.4. The number of amides is 2. The van der Waals surface area contributed by atoms with Gasteiger partial charge in [0.25, 0.3) is 0 Å². The number of nitrogens with one attached hydrogen (secondary N) is 1. The molecular weight excluding hydrogens is 530 g/mol. The van der Waals surface area contributed by atoms with Crippen molar-refractivity contribution in [2.24, 2.45) is 11.5 Å². The molecule has 246 valence electrons. The Bertz CT molecular complexity index is 716. The van der Waals surface area contributed by atoms with Crippen LogP contribution in [0.25, 0.3) is 0 Å². The molecule has 0 aliphatic rings. The van der Waals surface area contributed by atoms with Crippen molar-refractivity contribution in [3.63, 3.8) is 0 Å². The quantitative estimate of drug-likeness (QED) is 0.0432. The maximum atomic E-state index is 10.9. The SMILES string of the molecule is CC(=O)NC(/C=C/CCCCCCCCC(=O)O)CN.CC(N)=O.CC/C=C(\O)CCCCCCCC/C=C/CCC. The molecule has 0 bridgehead atoms. The number of carboxylic acids is 1. The van der Waals surface area contributed by atoms with E-state index in [9.17, 15) is 19.5 Å². The van der Waals surface area contributed by atoms with Crippen LogP contribution in [0.1, 0.15) is 150 Å². The number of carboxylic acid groups (broad SMARTS) is 1. The molecule has 0 aromatic rings. The van der Waals surface area contributed by atoms with Crippen LogP contribution in [0.3, 0.4) is 0 Å². The number of unbranched alkanes of at least 4 members (excludes halogenated alkanes) is 13. The summed E-state index contributed by atoms with van der Waals surface area (Å²) in [6.07, 6.45) is 31.5. The number of hydrogen-bond donors (Lipinski definition) is 5. The van der Waals surface area contributed by atoms with Crippen molar-refractivity contribution in [3.05, 3.63) is 36.1 Å². The van der Waals surface area contributed by atoms with E-state index in [2.05, 4.69) is 43.1 Å². The highest BCUT2D eigenvalue weighted by Crippen LogP contribution is 2.12. The van der Waals surface area contributed by atoms with Gasteiger partial charge >= 0.3 is 5.97 Å². The van der Waals surface area contributed by atoms with Gasteiger partial charge in [-0.1, -0.05) is 95.9 Å². The Hall–Kier alpha value is -2.61. The van der Waals surface area contributed by atoms with Crippen LogP contribution in [0, 0.1) is 0 Å². The molecule has 0 aliphatic heterocycles. The molecule has 0 saturated heterocycles. The molecule has 0 heterocycles. The minimum atomic E-state index is -0.705. The van der Waals surface area contributed by atoms with Gasteiger partial charge in [-0.2, -0.15) is 0 Å². The molecule has 0 spiro atoms.